The number of carbonyl (C=O) groups excluding carboxylic acids is 2. The Labute approximate surface area is 179 Å². The normalized spacial score (nSPS) is 21.3. The number of H-pyrrole nitrogens is 1. The molecule has 1 fully saturated rings. The van der Waals surface area contributed by atoms with Crippen molar-refractivity contribution in [3.63, 3.8) is 0 Å². The van der Waals surface area contributed by atoms with Crippen molar-refractivity contribution in [3.05, 3.63) is 53.7 Å². The van der Waals surface area contributed by atoms with E-state index in [4.69, 9.17) is 4.74 Å². The van der Waals surface area contributed by atoms with Crippen molar-refractivity contribution in [1.82, 2.24) is 15.1 Å². The highest BCUT2D eigenvalue weighted by atomic mass is 32.2. The quantitative estimate of drug-likeness (QED) is 0.479. The summed E-state index contributed by atoms with van der Waals surface area (Å²) >= 11 is 1.74. The number of thioether (sulfide) groups is 1. The van der Waals surface area contributed by atoms with E-state index >= 15 is 0 Å². The van der Waals surface area contributed by atoms with Crippen LogP contribution in [0.2, 0.25) is 0 Å². The molecule has 2 aromatic carbocycles. The number of hydrogen-bond donors (Lipinski definition) is 1. The van der Waals surface area contributed by atoms with Gasteiger partial charge >= 0.3 is 0 Å². The third kappa shape index (κ3) is 3.17. The lowest BCUT2D eigenvalue weighted by Gasteiger charge is -2.34. The highest BCUT2D eigenvalue weighted by molar-refractivity contribution is 7.99. The summed E-state index contributed by atoms with van der Waals surface area (Å²) in [6.45, 7) is 2.12. The van der Waals surface area contributed by atoms with Crippen molar-refractivity contribution >= 4 is 34.5 Å². The molecule has 154 valence electrons. The molecule has 5 rings (SSSR count). The fraction of sp³-hybridized carbons (Fsp3) is 0.348. The van der Waals surface area contributed by atoms with Gasteiger partial charge in [0.2, 0.25) is 0 Å². The van der Waals surface area contributed by atoms with Gasteiger partial charge in [0.05, 0.1) is 27.7 Å². The van der Waals surface area contributed by atoms with Crippen LogP contribution in [0.4, 0.5) is 0 Å². The Balaban J connectivity index is 1.37. The summed E-state index contributed by atoms with van der Waals surface area (Å²) in [5.74, 6) is 1.43. The minimum Gasteiger partial charge on any atom is -0.489 e. The minimum atomic E-state index is -0.178. The number of carbonyl (C=O) groups is 2. The molecule has 0 unspecified atom stereocenters. The van der Waals surface area contributed by atoms with Crippen LogP contribution in [0.1, 0.15) is 53.3 Å². The number of benzene rings is 2. The van der Waals surface area contributed by atoms with Crippen molar-refractivity contribution in [2.75, 3.05) is 5.75 Å². The molecular formula is C23H23N3O3S. The van der Waals surface area contributed by atoms with E-state index in [1.165, 1.54) is 4.90 Å². The Morgan fingerprint density at radius 3 is 2.63 bits per heavy atom. The lowest BCUT2D eigenvalue weighted by Crippen LogP contribution is -2.44. The minimum absolute atomic E-state index is 0.0337. The standard InChI is InChI=1S/C23H23N3O3S/c1-2-30-21-18-13-24-25-19(18)10-11-20(21)29-15-7-5-6-14(12-15)26-22(27)16-8-3-4-9-17(16)23(26)28/h3-4,8-11,13-15H,2,5-7,12H2,1H3,(H,24,25)/t14-,15-/m1/s1. The van der Waals surface area contributed by atoms with Crippen molar-refractivity contribution in [1.29, 1.82) is 0 Å². The van der Waals surface area contributed by atoms with E-state index < -0.39 is 0 Å². The van der Waals surface area contributed by atoms with E-state index in [2.05, 4.69) is 17.1 Å². The van der Waals surface area contributed by atoms with E-state index in [0.717, 1.165) is 46.6 Å². The molecule has 6 nitrogen and oxygen atoms in total. The van der Waals surface area contributed by atoms with Crippen LogP contribution in [0.25, 0.3) is 10.9 Å². The highest BCUT2D eigenvalue weighted by Crippen LogP contribution is 2.38. The Bertz CT molecular complexity index is 1090. The molecule has 0 saturated heterocycles. The second kappa shape index (κ2) is 7.80. The van der Waals surface area contributed by atoms with Gasteiger partial charge in [-0.25, -0.2) is 0 Å². The monoisotopic (exact) mass is 421 g/mol. The molecule has 0 bridgehead atoms. The SMILES string of the molecule is CCSc1c(O[C@@H]2CCC[C@@H](N3C(=O)c4ccccc4C3=O)C2)ccc2[nH]ncc12. The first-order valence-electron chi connectivity index (χ1n) is 10.4. The predicted molar refractivity (Wildman–Crippen MR) is 116 cm³/mol. The summed E-state index contributed by atoms with van der Waals surface area (Å²) in [4.78, 5) is 28.3. The first-order chi connectivity index (χ1) is 14.7. The number of hydrogen-bond acceptors (Lipinski definition) is 5. The molecule has 2 amide bonds. The molecule has 1 aromatic heterocycles. The van der Waals surface area contributed by atoms with Crippen molar-refractivity contribution < 1.29 is 14.3 Å². The van der Waals surface area contributed by atoms with E-state index in [1.54, 1.807) is 36.0 Å². The zero-order valence-corrected chi connectivity index (χ0v) is 17.6. The zero-order valence-electron chi connectivity index (χ0n) is 16.8. The number of aromatic nitrogens is 2. The maximum Gasteiger partial charge on any atom is 0.261 e. The first-order valence-corrected chi connectivity index (χ1v) is 11.4. The first kappa shape index (κ1) is 19.2. The maximum atomic E-state index is 12.9. The van der Waals surface area contributed by atoms with Crippen molar-refractivity contribution in [2.24, 2.45) is 0 Å². The number of nitrogens with one attached hydrogen (secondary N) is 1. The van der Waals surface area contributed by atoms with Crippen LogP contribution in [0.15, 0.2) is 47.5 Å². The molecule has 3 aromatic rings. The number of aromatic amines is 1. The summed E-state index contributed by atoms with van der Waals surface area (Å²) in [6.07, 6.45) is 5.12. The van der Waals surface area contributed by atoms with Crippen LogP contribution in [0.3, 0.4) is 0 Å². The molecule has 0 radical (unpaired) electrons. The number of fused-ring (bicyclic) bond motifs is 2. The smallest absolute Gasteiger partial charge is 0.261 e. The summed E-state index contributed by atoms with van der Waals surface area (Å²) in [7, 11) is 0. The molecule has 1 aliphatic heterocycles. The Morgan fingerprint density at radius 2 is 1.90 bits per heavy atom. The van der Waals surface area contributed by atoms with Crippen LogP contribution in [-0.4, -0.2) is 44.8 Å². The van der Waals surface area contributed by atoms with E-state index in [1.807, 2.05) is 18.3 Å². The third-order valence-corrected chi connectivity index (χ3v) is 6.91. The summed E-state index contributed by atoms with van der Waals surface area (Å²) in [5, 5.41) is 8.23. The molecule has 2 aliphatic rings. The van der Waals surface area contributed by atoms with E-state index in [-0.39, 0.29) is 24.0 Å². The molecule has 1 aliphatic carbocycles. The Hall–Kier alpha value is -2.80. The van der Waals surface area contributed by atoms with Crippen LogP contribution in [0.5, 0.6) is 5.75 Å². The molecule has 1 N–H and O–H groups in total. The highest BCUT2D eigenvalue weighted by Gasteiger charge is 2.41. The van der Waals surface area contributed by atoms with Crippen LogP contribution >= 0.6 is 11.8 Å². The van der Waals surface area contributed by atoms with Crippen LogP contribution in [0, 0.1) is 0 Å². The number of imide groups is 1. The largest absolute Gasteiger partial charge is 0.489 e. The maximum absolute atomic E-state index is 12.9. The van der Waals surface area contributed by atoms with E-state index in [9.17, 15) is 9.59 Å². The zero-order chi connectivity index (χ0) is 20.7. The Kier molecular flexibility index (Phi) is 4.98. The van der Waals surface area contributed by atoms with Crippen molar-refractivity contribution in [2.45, 2.75) is 49.6 Å². The fourth-order valence-electron chi connectivity index (χ4n) is 4.54. The van der Waals surface area contributed by atoms with Gasteiger partial charge in [-0.05, 0) is 49.3 Å². The molecule has 0 spiro atoms. The van der Waals surface area contributed by atoms with Gasteiger partial charge in [0, 0.05) is 17.8 Å². The van der Waals surface area contributed by atoms with E-state index in [0.29, 0.717) is 17.5 Å². The number of nitrogens with zero attached hydrogens (tertiary/aromatic N) is 2. The molecule has 1 saturated carbocycles. The molecule has 2 atom stereocenters. The number of rotatable bonds is 5. The van der Waals surface area contributed by atoms with Gasteiger partial charge in [0.25, 0.3) is 11.8 Å². The molecular weight excluding hydrogens is 398 g/mol. The summed E-state index contributed by atoms with van der Waals surface area (Å²) in [5.41, 5.74) is 2.01. The fourth-order valence-corrected chi connectivity index (χ4v) is 5.40. The van der Waals surface area contributed by atoms with Gasteiger partial charge in [-0.2, -0.15) is 5.10 Å². The van der Waals surface area contributed by atoms with Gasteiger partial charge in [-0.15, -0.1) is 11.8 Å². The second-order valence-corrected chi connectivity index (χ2v) is 9.02. The van der Waals surface area contributed by atoms with Gasteiger partial charge in [0.15, 0.2) is 0 Å². The lowest BCUT2D eigenvalue weighted by atomic mass is 9.91. The average Bonchev–Trinajstić information content (AvgIpc) is 3.34. The predicted octanol–water partition coefficient (Wildman–Crippen LogP) is 4.66. The third-order valence-electron chi connectivity index (χ3n) is 5.91. The molecule has 30 heavy (non-hydrogen) atoms. The summed E-state index contributed by atoms with van der Waals surface area (Å²) < 4.78 is 6.44. The van der Waals surface area contributed by atoms with Gasteiger partial charge < -0.3 is 4.74 Å². The molecule has 2 heterocycles. The van der Waals surface area contributed by atoms with Crippen molar-refractivity contribution in [3.8, 4) is 5.75 Å². The number of amides is 2. The molecule has 7 heteroatoms. The lowest BCUT2D eigenvalue weighted by molar-refractivity contribution is 0.0448. The van der Waals surface area contributed by atoms with Gasteiger partial charge in [0.1, 0.15) is 11.9 Å². The Morgan fingerprint density at radius 1 is 1.13 bits per heavy atom. The average molecular weight is 422 g/mol. The van der Waals surface area contributed by atoms with Crippen LogP contribution in [-0.2, 0) is 0 Å². The summed E-state index contributed by atoms with van der Waals surface area (Å²) in [6, 6.07) is 10.9. The van der Waals surface area contributed by atoms with Gasteiger partial charge in [-0.3, -0.25) is 19.6 Å². The second-order valence-electron chi connectivity index (χ2n) is 7.74. The topological polar surface area (TPSA) is 75.3 Å². The van der Waals surface area contributed by atoms with Crippen LogP contribution < -0.4 is 4.74 Å². The number of ether oxygens (including phenoxy) is 1. The van der Waals surface area contributed by atoms with Gasteiger partial charge in [-0.1, -0.05) is 19.1 Å².